The van der Waals surface area contributed by atoms with Gasteiger partial charge in [-0.3, -0.25) is 9.59 Å². The maximum atomic E-state index is 13.0. The second-order valence-corrected chi connectivity index (χ2v) is 9.66. The van der Waals surface area contributed by atoms with Crippen LogP contribution in [0.15, 0.2) is 53.0 Å². The minimum atomic E-state index is -0.315. The van der Waals surface area contributed by atoms with Crippen LogP contribution in [-0.4, -0.2) is 34.8 Å². The molecule has 1 unspecified atom stereocenters. The Morgan fingerprint density at radius 2 is 1.87 bits per heavy atom. The topological polar surface area (TPSA) is 62.3 Å². The van der Waals surface area contributed by atoms with E-state index in [4.69, 9.17) is 4.98 Å². The van der Waals surface area contributed by atoms with Crippen LogP contribution in [0.2, 0.25) is 0 Å². The summed E-state index contributed by atoms with van der Waals surface area (Å²) in [5, 5.41) is 4.10. The van der Waals surface area contributed by atoms with Crippen molar-refractivity contribution in [3.05, 3.63) is 63.6 Å². The number of nitrogens with one attached hydrogen (secondary N) is 1. The predicted molar refractivity (Wildman–Crippen MR) is 123 cm³/mol. The fourth-order valence-corrected chi connectivity index (χ4v) is 5.34. The second-order valence-electron chi connectivity index (χ2n) is 7.68. The Balaban J connectivity index is 1.38. The van der Waals surface area contributed by atoms with Crippen molar-refractivity contribution in [2.45, 2.75) is 38.1 Å². The Kier molecular flexibility index (Phi) is 6.49. The quantitative estimate of drug-likeness (QED) is 0.550. The molecule has 7 heteroatoms. The zero-order valence-electron chi connectivity index (χ0n) is 16.8. The zero-order chi connectivity index (χ0) is 21.1. The molecule has 2 aromatic carbocycles. The van der Waals surface area contributed by atoms with Crippen molar-refractivity contribution in [1.29, 1.82) is 0 Å². The number of benzene rings is 2. The number of para-hydroxylation sites is 1. The van der Waals surface area contributed by atoms with E-state index in [1.54, 1.807) is 11.3 Å². The maximum Gasteiger partial charge on any atom is 0.224 e. The van der Waals surface area contributed by atoms with E-state index in [9.17, 15) is 9.59 Å². The van der Waals surface area contributed by atoms with Gasteiger partial charge >= 0.3 is 0 Å². The molecule has 1 atom stereocenters. The summed E-state index contributed by atoms with van der Waals surface area (Å²) in [6.45, 7) is 2.94. The number of rotatable bonds is 5. The van der Waals surface area contributed by atoms with Gasteiger partial charge in [-0.15, -0.1) is 11.3 Å². The highest BCUT2D eigenvalue weighted by Crippen LogP contribution is 2.34. The van der Waals surface area contributed by atoms with E-state index in [1.165, 1.54) is 16.6 Å². The van der Waals surface area contributed by atoms with Gasteiger partial charge in [0.25, 0.3) is 0 Å². The van der Waals surface area contributed by atoms with E-state index in [-0.39, 0.29) is 24.3 Å². The van der Waals surface area contributed by atoms with Crippen LogP contribution >= 0.6 is 27.3 Å². The molecule has 1 fully saturated rings. The van der Waals surface area contributed by atoms with Crippen molar-refractivity contribution in [3.63, 3.8) is 0 Å². The molecular weight excluding hydrogens is 462 g/mol. The fourth-order valence-electron chi connectivity index (χ4n) is 3.94. The number of aromatic nitrogens is 1. The van der Waals surface area contributed by atoms with Gasteiger partial charge in [0.15, 0.2) is 0 Å². The minimum Gasteiger partial charge on any atom is -0.349 e. The molecule has 30 heavy (non-hydrogen) atoms. The summed E-state index contributed by atoms with van der Waals surface area (Å²) in [5.74, 6) is 0.355. The van der Waals surface area contributed by atoms with Crippen LogP contribution in [0.4, 0.5) is 0 Å². The summed E-state index contributed by atoms with van der Waals surface area (Å²) >= 11 is 5.19. The molecule has 1 aliphatic rings. The van der Waals surface area contributed by atoms with Crippen LogP contribution in [0.1, 0.15) is 48.7 Å². The minimum absolute atomic E-state index is 0.0828. The second kappa shape index (κ2) is 9.27. The third-order valence-electron chi connectivity index (χ3n) is 5.54. The maximum absolute atomic E-state index is 13.0. The molecule has 1 aliphatic heterocycles. The van der Waals surface area contributed by atoms with E-state index < -0.39 is 0 Å². The molecule has 0 radical (unpaired) electrons. The number of likely N-dealkylation sites (tertiary alicyclic amines) is 1. The van der Waals surface area contributed by atoms with Gasteiger partial charge in [-0.2, -0.15) is 0 Å². The first kappa shape index (κ1) is 21.0. The van der Waals surface area contributed by atoms with Gasteiger partial charge in [-0.05, 0) is 42.7 Å². The monoisotopic (exact) mass is 485 g/mol. The molecular formula is C23H24BrN3O2S. The number of halogens is 1. The molecule has 5 nitrogen and oxygen atoms in total. The highest BCUT2D eigenvalue weighted by molar-refractivity contribution is 9.10. The lowest BCUT2D eigenvalue weighted by atomic mass is 9.96. The van der Waals surface area contributed by atoms with Crippen LogP contribution in [0, 0.1) is 0 Å². The van der Waals surface area contributed by atoms with Gasteiger partial charge in [0, 0.05) is 30.4 Å². The Morgan fingerprint density at radius 3 is 2.53 bits per heavy atom. The highest BCUT2D eigenvalue weighted by atomic mass is 79.9. The van der Waals surface area contributed by atoms with Gasteiger partial charge in [0.1, 0.15) is 0 Å². The van der Waals surface area contributed by atoms with Crippen molar-refractivity contribution >= 4 is 49.3 Å². The van der Waals surface area contributed by atoms with E-state index in [2.05, 4.69) is 33.4 Å². The molecule has 0 spiro atoms. The summed E-state index contributed by atoms with van der Waals surface area (Å²) in [6, 6.07) is 15.7. The Hall–Kier alpha value is -2.25. The van der Waals surface area contributed by atoms with E-state index >= 15 is 0 Å². The molecule has 4 rings (SSSR count). The number of piperidine rings is 1. The van der Waals surface area contributed by atoms with Gasteiger partial charge in [0.05, 0.1) is 27.7 Å². The lowest BCUT2D eigenvalue weighted by molar-refractivity contribution is -0.133. The highest BCUT2D eigenvalue weighted by Gasteiger charge is 2.28. The smallest absolute Gasteiger partial charge is 0.224 e. The summed E-state index contributed by atoms with van der Waals surface area (Å²) in [6.07, 6.45) is 2.12. The van der Waals surface area contributed by atoms with Crippen LogP contribution in [0.3, 0.4) is 0 Å². The molecule has 0 saturated carbocycles. The van der Waals surface area contributed by atoms with Crippen LogP contribution in [0.5, 0.6) is 0 Å². The summed E-state index contributed by atoms with van der Waals surface area (Å²) in [5.41, 5.74) is 2.00. The molecule has 156 valence electrons. The first-order valence-electron chi connectivity index (χ1n) is 10.2. The number of nitrogens with zero attached hydrogens (tertiary/aromatic N) is 2. The average molecular weight is 486 g/mol. The lowest BCUT2D eigenvalue weighted by Crippen LogP contribution is -2.40. The molecule has 1 saturated heterocycles. The number of amides is 2. The fraction of sp³-hybridized carbons (Fsp3) is 0.348. The van der Waals surface area contributed by atoms with E-state index in [0.29, 0.717) is 5.92 Å². The van der Waals surface area contributed by atoms with E-state index in [0.717, 1.165) is 41.5 Å². The first-order chi connectivity index (χ1) is 14.5. The largest absolute Gasteiger partial charge is 0.349 e. The van der Waals surface area contributed by atoms with Crippen molar-refractivity contribution < 1.29 is 9.59 Å². The molecule has 2 amide bonds. The van der Waals surface area contributed by atoms with Gasteiger partial charge in [-0.1, -0.05) is 40.2 Å². The Bertz CT molecular complexity index is 1010. The number of thiazole rings is 1. The zero-order valence-corrected chi connectivity index (χ0v) is 19.2. The molecule has 3 aromatic rings. The van der Waals surface area contributed by atoms with Crippen molar-refractivity contribution in [3.8, 4) is 0 Å². The van der Waals surface area contributed by atoms with Crippen molar-refractivity contribution in [2.75, 3.05) is 13.1 Å². The SMILES string of the molecule is CC(=O)NC(CC(=O)N1CCC(c2nc3ccccc3s2)CC1)c1ccc(Br)cc1. The number of hydrogen-bond acceptors (Lipinski definition) is 4. The lowest BCUT2D eigenvalue weighted by Gasteiger charge is -2.32. The summed E-state index contributed by atoms with van der Waals surface area (Å²) in [4.78, 5) is 31.4. The first-order valence-corrected chi connectivity index (χ1v) is 11.8. The third kappa shape index (κ3) is 4.90. The van der Waals surface area contributed by atoms with Gasteiger partial charge in [-0.25, -0.2) is 4.98 Å². The molecule has 0 aliphatic carbocycles. The van der Waals surface area contributed by atoms with Gasteiger partial charge < -0.3 is 10.2 Å². The third-order valence-corrected chi connectivity index (χ3v) is 7.26. The number of carbonyl (C=O) groups excluding carboxylic acids is 2. The van der Waals surface area contributed by atoms with Gasteiger partial charge in [0.2, 0.25) is 11.8 Å². The molecule has 0 bridgehead atoms. The molecule has 1 N–H and O–H groups in total. The Morgan fingerprint density at radius 1 is 1.17 bits per heavy atom. The standard InChI is InChI=1S/C23H24BrN3O2S/c1-15(28)25-20(16-6-8-18(24)9-7-16)14-22(29)27-12-10-17(11-13-27)23-26-19-4-2-3-5-21(19)30-23/h2-9,17,20H,10-14H2,1H3,(H,25,28). The van der Waals surface area contributed by atoms with Crippen LogP contribution < -0.4 is 5.32 Å². The van der Waals surface area contributed by atoms with E-state index in [1.807, 2.05) is 41.3 Å². The van der Waals surface area contributed by atoms with Crippen molar-refractivity contribution in [2.24, 2.45) is 0 Å². The summed E-state index contributed by atoms with van der Waals surface area (Å²) in [7, 11) is 0. The molecule has 1 aromatic heterocycles. The van der Waals surface area contributed by atoms with Crippen molar-refractivity contribution in [1.82, 2.24) is 15.2 Å². The predicted octanol–water partition coefficient (Wildman–Crippen LogP) is 5.03. The summed E-state index contributed by atoms with van der Waals surface area (Å²) < 4.78 is 2.19. The number of hydrogen-bond donors (Lipinski definition) is 1. The normalized spacial score (nSPS) is 15.9. The number of fused-ring (bicyclic) bond motifs is 1. The van der Waals surface area contributed by atoms with Crippen LogP contribution in [0.25, 0.3) is 10.2 Å². The molecule has 2 heterocycles. The number of carbonyl (C=O) groups is 2. The average Bonchev–Trinajstić information content (AvgIpc) is 3.18. The Labute approximate surface area is 188 Å². The van der Waals surface area contributed by atoms with Crippen LogP contribution in [-0.2, 0) is 9.59 Å².